The molecule has 3 N–H and O–H groups in total. The third-order valence-electron chi connectivity index (χ3n) is 9.05. The van der Waals surface area contributed by atoms with Crippen molar-refractivity contribution in [2.24, 2.45) is 5.92 Å². The number of aromatic nitrogens is 1. The minimum absolute atomic E-state index is 0.0885. The molecule has 3 aliphatic heterocycles. The van der Waals surface area contributed by atoms with Crippen molar-refractivity contribution in [2.75, 3.05) is 22.5 Å². The van der Waals surface area contributed by atoms with E-state index in [-0.39, 0.29) is 12.3 Å². The summed E-state index contributed by atoms with van der Waals surface area (Å²) in [5.41, 5.74) is 10.1. The van der Waals surface area contributed by atoms with E-state index >= 15 is 0 Å². The largest absolute Gasteiger partial charge is 0.468 e. The molecule has 9 rings (SSSR count). The van der Waals surface area contributed by atoms with Crippen molar-refractivity contribution in [2.45, 2.75) is 18.7 Å². The third kappa shape index (κ3) is 3.96. The molecule has 5 heteroatoms. The van der Waals surface area contributed by atoms with Crippen molar-refractivity contribution in [3.63, 3.8) is 0 Å². The molecule has 1 aliphatic carbocycles. The molecule has 5 aromatic rings. The number of pyridine rings is 1. The Bertz CT molecular complexity index is 2050. The lowest BCUT2D eigenvalue weighted by Gasteiger charge is -2.27. The molecular formula is C38H30N4O. The first-order valence-electron chi connectivity index (χ1n) is 15.0. The highest BCUT2D eigenvalue weighted by Gasteiger charge is 2.31. The van der Waals surface area contributed by atoms with Gasteiger partial charge in [-0.05, 0) is 41.3 Å². The van der Waals surface area contributed by atoms with E-state index in [0.29, 0.717) is 5.92 Å². The Kier molecular flexibility index (Phi) is 5.45. The first-order valence-corrected chi connectivity index (χ1v) is 15.0. The van der Waals surface area contributed by atoms with Crippen LogP contribution in [0.2, 0.25) is 0 Å². The molecule has 0 amide bonds. The molecule has 0 radical (unpaired) electrons. The summed E-state index contributed by atoms with van der Waals surface area (Å²) >= 11 is 0. The summed E-state index contributed by atoms with van der Waals surface area (Å²) in [6.45, 7) is 0.849. The van der Waals surface area contributed by atoms with Crippen LogP contribution in [0.25, 0.3) is 45.1 Å². The van der Waals surface area contributed by atoms with Gasteiger partial charge in [0.25, 0.3) is 0 Å². The molecule has 5 nitrogen and oxygen atoms in total. The Balaban J connectivity index is 1.09. The van der Waals surface area contributed by atoms with Crippen LogP contribution in [0.1, 0.15) is 29.2 Å². The summed E-state index contributed by atoms with van der Waals surface area (Å²) in [4.78, 5) is 5.19. The maximum Gasteiger partial charge on any atom is 0.176 e. The van der Waals surface area contributed by atoms with E-state index < -0.39 is 0 Å². The second-order valence-electron chi connectivity index (χ2n) is 11.6. The fourth-order valence-corrected chi connectivity index (χ4v) is 6.86. The topological polar surface area (TPSA) is 58.2 Å². The standard InChI is InChI=1S/C38H30N4O/c1-2-7-27(8-3-1)38-42-37-32(43-38)21-19-29-33(37)28-10-4-5-11-31(28)41-34(29)25-14-12-23(13-15-25)30-20-18-26-17-16-24-9-6-22-39-35(24)36(26)40-30/h1-7,9-21,27,30,38-40,42H,8,22H2. The fourth-order valence-electron chi connectivity index (χ4n) is 6.86. The first kappa shape index (κ1) is 24.3. The van der Waals surface area contributed by atoms with Crippen LogP contribution < -0.4 is 20.7 Å². The Hall–Kier alpha value is -5.29. The van der Waals surface area contributed by atoms with Crippen molar-refractivity contribution in [3.05, 3.63) is 126 Å². The predicted molar refractivity (Wildman–Crippen MR) is 178 cm³/mol. The Labute approximate surface area is 250 Å². The zero-order valence-corrected chi connectivity index (χ0v) is 23.5. The molecule has 0 bridgehead atoms. The van der Waals surface area contributed by atoms with Crippen LogP contribution in [-0.4, -0.2) is 17.8 Å². The van der Waals surface area contributed by atoms with Crippen molar-refractivity contribution in [1.29, 1.82) is 0 Å². The average molecular weight is 559 g/mol. The molecule has 0 spiro atoms. The van der Waals surface area contributed by atoms with Gasteiger partial charge in [0.15, 0.2) is 6.23 Å². The van der Waals surface area contributed by atoms with Gasteiger partial charge in [-0.15, -0.1) is 0 Å². The van der Waals surface area contributed by atoms with Gasteiger partial charge in [0, 0.05) is 34.2 Å². The highest BCUT2D eigenvalue weighted by molar-refractivity contribution is 6.17. The minimum atomic E-state index is -0.0885. The number of nitrogens with one attached hydrogen (secondary N) is 3. The van der Waals surface area contributed by atoms with Crippen LogP contribution in [-0.2, 0) is 0 Å². The molecule has 3 unspecified atom stereocenters. The van der Waals surface area contributed by atoms with Crippen LogP contribution >= 0.6 is 0 Å². The van der Waals surface area contributed by atoms with E-state index in [2.05, 4.69) is 137 Å². The monoisotopic (exact) mass is 558 g/mol. The molecule has 0 saturated heterocycles. The Morgan fingerprint density at radius 1 is 0.721 bits per heavy atom. The van der Waals surface area contributed by atoms with Crippen molar-refractivity contribution < 1.29 is 4.74 Å². The third-order valence-corrected chi connectivity index (χ3v) is 9.05. The fraction of sp³-hybridized carbons (Fsp3) is 0.132. The first-order chi connectivity index (χ1) is 21.3. The van der Waals surface area contributed by atoms with Gasteiger partial charge in [0.2, 0.25) is 0 Å². The predicted octanol–water partition coefficient (Wildman–Crippen LogP) is 8.94. The van der Waals surface area contributed by atoms with E-state index in [1.54, 1.807) is 0 Å². The molecule has 43 heavy (non-hydrogen) atoms. The van der Waals surface area contributed by atoms with Gasteiger partial charge < -0.3 is 20.7 Å². The van der Waals surface area contributed by atoms with E-state index in [1.807, 2.05) is 0 Å². The zero-order chi connectivity index (χ0) is 28.3. The number of ether oxygens (including phenoxy) is 1. The summed E-state index contributed by atoms with van der Waals surface area (Å²) in [7, 11) is 0. The average Bonchev–Trinajstić information content (AvgIpc) is 3.53. The van der Waals surface area contributed by atoms with Gasteiger partial charge in [-0.3, -0.25) is 0 Å². The number of benzene rings is 4. The summed E-state index contributed by atoms with van der Waals surface area (Å²) < 4.78 is 6.45. The lowest BCUT2D eigenvalue weighted by Crippen LogP contribution is -2.29. The van der Waals surface area contributed by atoms with Gasteiger partial charge in [-0.25, -0.2) is 4.98 Å². The van der Waals surface area contributed by atoms with E-state index in [9.17, 15) is 0 Å². The number of hydrogen-bond acceptors (Lipinski definition) is 5. The highest BCUT2D eigenvalue weighted by atomic mass is 16.5. The number of para-hydroxylation sites is 1. The van der Waals surface area contributed by atoms with Gasteiger partial charge in [0.05, 0.1) is 34.3 Å². The number of anilines is 3. The molecule has 3 atom stereocenters. The summed E-state index contributed by atoms with van der Waals surface area (Å²) in [6.07, 6.45) is 18.4. The molecule has 0 saturated carbocycles. The summed E-state index contributed by atoms with van der Waals surface area (Å²) in [6, 6.07) is 26.0. The van der Waals surface area contributed by atoms with E-state index in [0.717, 1.165) is 51.9 Å². The van der Waals surface area contributed by atoms with Gasteiger partial charge >= 0.3 is 0 Å². The quantitative estimate of drug-likeness (QED) is 0.193. The van der Waals surface area contributed by atoms with Crippen LogP contribution in [0.5, 0.6) is 5.75 Å². The maximum absolute atomic E-state index is 6.45. The van der Waals surface area contributed by atoms with Crippen molar-refractivity contribution >= 4 is 50.9 Å². The summed E-state index contributed by atoms with van der Waals surface area (Å²) in [5.74, 6) is 1.19. The molecule has 4 aromatic carbocycles. The molecule has 4 heterocycles. The minimum Gasteiger partial charge on any atom is -0.468 e. The zero-order valence-electron chi connectivity index (χ0n) is 23.5. The molecule has 208 valence electrons. The van der Waals surface area contributed by atoms with Gasteiger partial charge in [0.1, 0.15) is 5.75 Å². The van der Waals surface area contributed by atoms with E-state index in [1.165, 1.54) is 33.5 Å². The molecule has 1 aromatic heterocycles. The van der Waals surface area contributed by atoms with Crippen LogP contribution in [0.15, 0.2) is 109 Å². The Morgan fingerprint density at radius 2 is 1.60 bits per heavy atom. The lowest BCUT2D eigenvalue weighted by atomic mass is 9.94. The second-order valence-corrected chi connectivity index (χ2v) is 11.6. The number of nitrogens with zero attached hydrogens (tertiary/aromatic N) is 1. The number of hydrogen-bond donors (Lipinski definition) is 3. The maximum atomic E-state index is 6.45. The van der Waals surface area contributed by atoms with Gasteiger partial charge in [-0.1, -0.05) is 103 Å². The van der Waals surface area contributed by atoms with Crippen molar-refractivity contribution in [1.82, 2.24) is 4.98 Å². The Morgan fingerprint density at radius 3 is 2.49 bits per heavy atom. The normalized spacial score (nSPS) is 21.0. The van der Waals surface area contributed by atoms with Crippen molar-refractivity contribution in [3.8, 4) is 17.0 Å². The van der Waals surface area contributed by atoms with Crippen LogP contribution in [0, 0.1) is 5.92 Å². The van der Waals surface area contributed by atoms with Gasteiger partial charge in [-0.2, -0.15) is 0 Å². The molecule has 0 fully saturated rings. The second kappa shape index (κ2) is 9.63. The molecular weight excluding hydrogens is 528 g/mol. The smallest absolute Gasteiger partial charge is 0.176 e. The number of fused-ring (bicyclic) bond motifs is 8. The molecule has 4 aliphatic rings. The highest BCUT2D eigenvalue weighted by Crippen LogP contribution is 2.46. The SMILES string of the molecule is C1=CCC(C2Nc3c(ccc4c(-c5ccc(C6C=Cc7ccc8c(c7N6)NCC=C8)cc5)nc5ccccc5c34)O2)C=C1. The number of allylic oxidation sites excluding steroid dienone is 3. The summed E-state index contributed by atoms with van der Waals surface area (Å²) in [5, 5.41) is 14.5. The van der Waals surface area contributed by atoms with Crippen LogP contribution in [0.3, 0.4) is 0 Å². The van der Waals surface area contributed by atoms with E-state index in [4.69, 9.17) is 9.72 Å². The number of rotatable bonds is 3. The van der Waals surface area contributed by atoms with Crippen LogP contribution in [0.4, 0.5) is 17.1 Å². The lowest BCUT2D eigenvalue weighted by molar-refractivity contribution is 0.204.